The second-order valence-electron chi connectivity index (χ2n) is 3.51. The van der Waals surface area contributed by atoms with Gasteiger partial charge in [-0.1, -0.05) is 12.1 Å². The average molecular weight is 222 g/mol. The number of pyridine rings is 2. The van der Waals surface area contributed by atoms with Crippen molar-refractivity contribution in [1.82, 2.24) is 14.5 Å². The highest BCUT2D eigenvalue weighted by molar-refractivity contribution is 5.20. The van der Waals surface area contributed by atoms with Crippen LogP contribution in [0.2, 0.25) is 0 Å². The van der Waals surface area contributed by atoms with E-state index in [2.05, 4.69) is 16.3 Å². The number of nitrogens with zero attached hydrogens (tertiary/aromatic N) is 4. The van der Waals surface area contributed by atoms with Crippen LogP contribution in [0.4, 0.5) is 0 Å². The summed E-state index contributed by atoms with van der Waals surface area (Å²) in [6.07, 6.45) is 10.5. The van der Waals surface area contributed by atoms with Crippen LogP contribution >= 0.6 is 0 Å². The number of rotatable bonds is 2. The van der Waals surface area contributed by atoms with Crippen LogP contribution in [-0.4, -0.2) is 14.5 Å². The van der Waals surface area contributed by atoms with Crippen LogP contribution in [0.15, 0.2) is 61.2 Å². The van der Waals surface area contributed by atoms with Crippen molar-refractivity contribution in [3.63, 3.8) is 0 Å². The molecule has 3 aromatic heterocycles. The monoisotopic (exact) mass is 222 g/mol. The zero-order valence-corrected chi connectivity index (χ0v) is 9.06. The molecule has 4 heteroatoms. The van der Waals surface area contributed by atoms with E-state index in [4.69, 9.17) is 0 Å². The second-order valence-corrected chi connectivity index (χ2v) is 3.51. The minimum Gasteiger partial charge on any atom is -0.319 e. The fourth-order valence-corrected chi connectivity index (χ4v) is 1.56. The number of aromatic nitrogens is 4. The maximum atomic E-state index is 4.25. The van der Waals surface area contributed by atoms with Crippen LogP contribution in [0.3, 0.4) is 0 Å². The minimum atomic E-state index is 0.835. The van der Waals surface area contributed by atoms with Gasteiger partial charge in [0.05, 0.1) is 6.20 Å². The molecule has 0 amide bonds. The Kier molecular flexibility index (Phi) is 2.38. The molecule has 0 fully saturated rings. The van der Waals surface area contributed by atoms with Crippen molar-refractivity contribution in [2.75, 3.05) is 0 Å². The average Bonchev–Trinajstić information content (AvgIpc) is 2.90. The minimum absolute atomic E-state index is 0.835. The van der Waals surface area contributed by atoms with Crippen LogP contribution in [0.5, 0.6) is 0 Å². The Bertz CT molecular complexity index is 548. The van der Waals surface area contributed by atoms with Crippen molar-refractivity contribution in [1.29, 1.82) is 0 Å². The Hall–Kier alpha value is -2.49. The van der Waals surface area contributed by atoms with Crippen molar-refractivity contribution >= 4 is 0 Å². The van der Waals surface area contributed by atoms with E-state index < -0.39 is 0 Å². The fourth-order valence-electron chi connectivity index (χ4n) is 1.56. The Morgan fingerprint density at radius 3 is 2.53 bits per heavy atom. The lowest BCUT2D eigenvalue weighted by molar-refractivity contribution is -0.603. The standard InChI is InChI=1S/C13H10N4/c1-3-7-14-12(5-1)16-9-10-17(11-16)13-6-2-4-8-15-13/h1-10H. The predicted molar refractivity (Wildman–Crippen MR) is 61.7 cm³/mol. The van der Waals surface area contributed by atoms with Gasteiger partial charge in [-0.2, -0.15) is 4.98 Å². The van der Waals surface area contributed by atoms with Crippen molar-refractivity contribution in [2.24, 2.45) is 0 Å². The summed E-state index contributed by atoms with van der Waals surface area (Å²) >= 11 is 0. The Labute approximate surface area is 98.8 Å². The molecule has 0 aliphatic carbocycles. The van der Waals surface area contributed by atoms with Gasteiger partial charge in [0.2, 0.25) is 5.82 Å². The first-order valence-electron chi connectivity index (χ1n) is 5.29. The molecule has 0 aromatic carbocycles. The molecule has 0 N–H and O–H groups in total. The lowest BCUT2D eigenvalue weighted by Gasteiger charge is -2.00. The molecule has 3 rings (SSSR count). The van der Waals surface area contributed by atoms with Gasteiger partial charge in [-0.15, -0.1) is 0 Å². The molecule has 0 atom stereocenters. The zero-order chi connectivity index (χ0) is 11.5. The lowest BCUT2D eigenvalue weighted by Crippen LogP contribution is -2.29. The quantitative estimate of drug-likeness (QED) is 0.484. The van der Waals surface area contributed by atoms with Crippen LogP contribution in [-0.2, 0) is 0 Å². The van der Waals surface area contributed by atoms with Crippen molar-refractivity contribution in [2.45, 2.75) is 0 Å². The van der Waals surface area contributed by atoms with Gasteiger partial charge in [0.1, 0.15) is 5.82 Å². The highest BCUT2D eigenvalue weighted by Crippen LogP contribution is 2.01. The van der Waals surface area contributed by atoms with Crippen molar-refractivity contribution < 1.29 is 4.57 Å². The summed E-state index contributed by atoms with van der Waals surface area (Å²) in [6.45, 7) is 0. The first kappa shape index (κ1) is 9.72. The van der Waals surface area contributed by atoms with Crippen LogP contribution in [0.1, 0.15) is 0 Å². The highest BCUT2D eigenvalue weighted by Gasteiger charge is 2.01. The molecule has 0 radical (unpaired) electrons. The highest BCUT2D eigenvalue weighted by atomic mass is 15.2. The molecule has 0 bridgehead atoms. The van der Waals surface area contributed by atoms with E-state index in [1.807, 2.05) is 57.9 Å². The third-order valence-electron chi connectivity index (χ3n) is 2.37. The van der Waals surface area contributed by atoms with E-state index in [9.17, 15) is 0 Å². The molecule has 82 valence electrons. The van der Waals surface area contributed by atoms with E-state index in [0.29, 0.717) is 0 Å². The van der Waals surface area contributed by atoms with Crippen LogP contribution in [0, 0.1) is 6.33 Å². The molecule has 0 saturated carbocycles. The van der Waals surface area contributed by atoms with Crippen LogP contribution < -0.4 is 4.57 Å². The van der Waals surface area contributed by atoms with Crippen LogP contribution in [0.25, 0.3) is 11.6 Å². The second kappa shape index (κ2) is 4.17. The SMILES string of the molecule is [c-]1n(-c2ccccn2)cc[n+]1-c1ccccn1. The third kappa shape index (κ3) is 1.92. The van der Waals surface area contributed by atoms with E-state index in [1.165, 1.54) is 0 Å². The molecule has 0 aliphatic rings. The molecule has 3 aromatic rings. The van der Waals surface area contributed by atoms with E-state index >= 15 is 0 Å². The molecule has 3 heterocycles. The zero-order valence-electron chi connectivity index (χ0n) is 9.06. The summed E-state index contributed by atoms with van der Waals surface area (Å²) < 4.78 is 3.66. The fraction of sp³-hybridized carbons (Fsp3) is 0. The molecule has 0 unspecified atom stereocenters. The van der Waals surface area contributed by atoms with Gasteiger partial charge >= 0.3 is 0 Å². The summed E-state index contributed by atoms with van der Waals surface area (Å²) in [5.41, 5.74) is 0. The van der Waals surface area contributed by atoms with Gasteiger partial charge in [-0.3, -0.25) is 4.98 Å². The summed E-state index contributed by atoms with van der Waals surface area (Å²) in [6, 6.07) is 11.5. The molecular formula is C13H10N4. The van der Waals surface area contributed by atoms with Crippen molar-refractivity contribution in [3.8, 4) is 11.6 Å². The molecule has 17 heavy (non-hydrogen) atoms. The summed E-state index contributed by atoms with van der Waals surface area (Å²) in [7, 11) is 0. The molecule has 0 spiro atoms. The molecular weight excluding hydrogens is 212 g/mol. The Morgan fingerprint density at radius 1 is 1.00 bits per heavy atom. The topological polar surface area (TPSA) is 34.6 Å². The molecule has 4 nitrogen and oxygen atoms in total. The first-order chi connectivity index (χ1) is 8.43. The number of hydrogen-bond donors (Lipinski definition) is 0. The molecule has 0 aliphatic heterocycles. The third-order valence-corrected chi connectivity index (χ3v) is 2.37. The molecule has 0 saturated heterocycles. The normalized spacial score (nSPS) is 10.4. The number of imidazole rings is 1. The maximum absolute atomic E-state index is 4.25. The smallest absolute Gasteiger partial charge is 0.202 e. The van der Waals surface area contributed by atoms with E-state index in [0.717, 1.165) is 11.6 Å². The Morgan fingerprint density at radius 2 is 1.82 bits per heavy atom. The Balaban J connectivity index is 1.99. The van der Waals surface area contributed by atoms with Gasteiger partial charge in [-0.25, -0.2) is 0 Å². The summed E-state index contributed by atoms with van der Waals surface area (Å²) in [4.78, 5) is 8.51. The van der Waals surface area contributed by atoms with E-state index in [-0.39, 0.29) is 0 Å². The summed E-state index contributed by atoms with van der Waals surface area (Å²) in [5.74, 6) is 1.67. The van der Waals surface area contributed by atoms with Gasteiger partial charge < -0.3 is 9.13 Å². The van der Waals surface area contributed by atoms with Gasteiger partial charge in [-0.05, 0) is 24.3 Å². The predicted octanol–water partition coefficient (Wildman–Crippen LogP) is 1.34. The number of hydrogen-bond acceptors (Lipinski definition) is 2. The maximum Gasteiger partial charge on any atom is 0.202 e. The van der Waals surface area contributed by atoms with E-state index in [1.54, 1.807) is 12.4 Å². The summed E-state index contributed by atoms with van der Waals surface area (Å²) in [5, 5.41) is 0. The lowest BCUT2D eigenvalue weighted by atomic mass is 10.4. The first-order valence-corrected chi connectivity index (χ1v) is 5.29. The van der Waals surface area contributed by atoms with Gasteiger partial charge in [0, 0.05) is 18.6 Å². The van der Waals surface area contributed by atoms with Crippen molar-refractivity contribution in [3.05, 3.63) is 67.5 Å². The largest absolute Gasteiger partial charge is 0.319 e. The van der Waals surface area contributed by atoms with Gasteiger partial charge in [0.15, 0.2) is 6.33 Å². The van der Waals surface area contributed by atoms with Gasteiger partial charge in [0.25, 0.3) is 0 Å².